The number of nitrogens with one attached hydrogen (secondary N) is 2. The van der Waals surface area contributed by atoms with Crippen LogP contribution in [0.2, 0.25) is 0 Å². The highest BCUT2D eigenvalue weighted by Crippen LogP contribution is 2.09. The van der Waals surface area contributed by atoms with Gasteiger partial charge >= 0.3 is 0 Å². The van der Waals surface area contributed by atoms with Crippen LogP contribution in [0.25, 0.3) is 0 Å². The van der Waals surface area contributed by atoms with Gasteiger partial charge in [0.1, 0.15) is 12.3 Å². The molecule has 1 unspecified atom stereocenters. The molecule has 1 fully saturated rings. The zero-order valence-corrected chi connectivity index (χ0v) is 18.5. The van der Waals surface area contributed by atoms with Crippen LogP contribution in [0.5, 0.6) is 0 Å². The Balaban J connectivity index is 0.00000338. The molecule has 1 aliphatic rings. The van der Waals surface area contributed by atoms with Crippen LogP contribution in [0, 0.1) is 13.8 Å². The predicted molar refractivity (Wildman–Crippen MR) is 112 cm³/mol. The number of guanidine groups is 1. The molecule has 0 saturated carbocycles. The number of halogens is 1. The summed E-state index contributed by atoms with van der Waals surface area (Å²) in [7, 11) is 0. The molecule has 1 aliphatic heterocycles. The first-order chi connectivity index (χ1) is 11.9. The Morgan fingerprint density at radius 2 is 2.00 bits per heavy atom. The highest BCUT2D eigenvalue weighted by atomic mass is 127. The first kappa shape index (κ1) is 23.1. The molecule has 8 nitrogen and oxygen atoms in total. The molecule has 1 aromatic heterocycles. The summed E-state index contributed by atoms with van der Waals surface area (Å²) < 4.78 is 10.9. The quantitative estimate of drug-likeness (QED) is 0.305. The van der Waals surface area contributed by atoms with E-state index in [1.165, 1.54) is 0 Å². The molecule has 0 spiro atoms. The molecule has 1 saturated heterocycles. The lowest BCUT2D eigenvalue weighted by atomic mass is 10.1. The van der Waals surface area contributed by atoms with E-state index in [2.05, 4.69) is 25.5 Å². The third-order valence-corrected chi connectivity index (χ3v) is 4.09. The minimum absolute atomic E-state index is 0. The second-order valence-corrected chi connectivity index (χ2v) is 6.68. The molecule has 0 amide bonds. The molecule has 0 bridgehead atoms. The number of aliphatic hydroxyl groups is 1. The van der Waals surface area contributed by atoms with E-state index in [4.69, 9.17) is 9.15 Å². The summed E-state index contributed by atoms with van der Waals surface area (Å²) in [6.45, 7) is 12.9. The van der Waals surface area contributed by atoms with Gasteiger partial charge in [0.05, 0.1) is 24.5 Å². The average molecular weight is 481 g/mol. The summed E-state index contributed by atoms with van der Waals surface area (Å²) >= 11 is 0. The van der Waals surface area contributed by atoms with Gasteiger partial charge in [0, 0.05) is 32.7 Å². The average Bonchev–Trinajstić information content (AvgIpc) is 2.89. The Labute approximate surface area is 172 Å². The molecule has 2 heterocycles. The van der Waals surface area contributed by atoms with Crippen molar-refractivity contribution in [2.45, 2.75) is 39.8 Å². The van der Waals surface area contributed by atoms with Gasteiger partial charge < -0.3 is 24.9 Å². The van der Waals surface area contributed by atoms with E-state index in [9.17, 15) is 5.11 Å². The van der Waals surface area contributed by atoms with Crippen LogP contribution >= 0.6 is 24.0 Å². The molecular weight excluding hydrogens is 449 g/mol. The fraction of sp³-hybridized carbons (Fsp3) is 0.765. The minimum Gasteiger partial charge on any atom is -0.444 e. The van der Waals surface area contributed by atoms with Gasteiger partial charge in [-0.25, -0.2) is 9.98 Å². The molecular formula is C17H32IN5O3. The molecule has 9 heteroatoms. The molecule has 0 aliphatic carbocycles. The van der Waals surface area contributed by atoms with Crippen molar-refractivity contribution in [3.63, 3.8) is 0 Å². The van der Waals surface area contributed by atoms with Crippen LogP contribution in [0.3, 0.4) is 0 Å². The van der Waals surface area contributed by atoms with Crippen LogP contribution in [-0.2, 0) is 11.3 Å². The topological polar surface area (TPSA) is 95.2 Å². The number of oxazole rings is 1. The van der Waals surface area contributed by atoms with Gasteiger partial charge in [0.25, 0.3) is 0 Å². The lowest BCUT2D eigenvalue weighted by Crippen LogP contribution is -2.52. The maximum atomic E-state index is 10.7. The maximum Gasteiger partial charge on any atom is 0.216 e. The van der Waals surface area contributed by atoms with E-state index in [1.54, 1.807) is 0 Å². The number of hydrogen-bond donors (Lipinski definition) is 3. The molecule has 1 aromatic rings. The minimum atomic E-state index is -0.858. The van der Waals surface area contributed by atoms with E-state index < -0.39 is 5.60 Å². The molecule has 0 radical (unpaired) electrons. The lowest BCUT2D eigenvalue weighted by molar-refractivity contribution is -0.0201. The smallest absolute Gasteiger partial charge is 0.216 e. The van der Waals surface area contributed by atoms with E-state index in [-0.39, 0.29) is 24.0 Å². The van der Waals surface area contributed by atoms with Crippen molar-refractivity contribution in [1.29, 1.82) is 0 Å². The summed E-state index contributed by atoms with van der Waals surface area (Å²) in [5.41, 5.74) is 0.0282. The second-order valence-electron chi connectivity index (χ2n) is 6.68. The maximum absolute atomic E-state index is 10.7. The monoisotopic (exact) mass is 481 g/mol. The van der Waals surface area contributed by atoms with Crippen molar-refractivity contribution < 1.29 is 14.3 Å². The third kappa shape index (κ3) is 7.77. The van der Waals surface area contributed by atoms with Crippen LogP contribution < -0.4 is 10.6 Å². The second kappa shape index (κ2) is 11.1. The number of rotatable bonds is 7. The Bertz CT molecular complexity index is 551. The summed E-state index contributed by atoms with van der Waals surface area (Å²) in [6.07, 6.45) is 0. The Morgan fingerprint density at radius 1 is 1.31 bits per heavy atom. The number of aliphatic imine (C=N–C) groups is 1. The van der Waals surface area contributed by atoms with Crippen LogP contribution in [0.4, 0.5) is 0 Å². The van der Waals surface area contributed by atoms with Crippen molar-refractivity contribution >= 4 is 29.9 Å². The third-order valence-electron chi connectivity index (χ3n) is 4.09. The van der Waals surface area contributed by atoms with E-state index >= 15 is 0 Å². The number of hydrogen-bond acceptors (Lipinski definition) is 6. The summed E-state index contributed by atoms with van der Waals surface area (Å²) in [5.74, 6) is 2.04. The van der Waals surface area contributed by atoms with Crippen molar-refractivity contribution in [2.75, 3.05) is 45.9 Å². The molecule has 0 aromatic carbocycles. The largest absolute Gasteiger partial charge is 0.444 e. The van der Waals surface area contributed by atoms with Crippen LogP contribution in [-0.4, -0.2) is 72.5 Å². The van der Waals surface area contributed by atoms with Crippen molar-refractivity contribution in [1.82, 2.24) is 20.5 Å². The Hall–Kier alpha value is -0.910. The number of morpholine rings is 1. The van der Waals surface area contributed by atoms with Gasteiger partial charge in [0.2, 0.25) is 5.89 Å². The van der Waals surface area contributed by atoms with E-state index in [0.29, 0.717) is 31.5 Å². The molecule has 2 rings (SSSR count). The molecule has 150 valence electrons. The first-order valence-electron chi connectivity index (χ1n) is 8.87. The van der Waals surface area contributed by atoms with Gasteiger partial charge in [-0.15, -0.1) is 24.0 Å². The predicted octanol–water partition coefficient (Wildman–Crippen LogP) is 1.05. The van der Waals surface area contributed by atoms with Gasteiger partial charge in [0.15, 0.2) is 5.96 Å². The van der Waals surface area contributed by atoms with E-state index in [1.807, 2.05) is 27.7 Å². The number of ether oxygens (including phenoxy) is 1. The number of β-amino-alcohol motifs (C(OH)–C–C–N with tert-alkyl or cyclic N) is 1. The van der Waals surface area contributed by atoms with Crippen molar-refractivity contribution in [3.8, 4) is 0 Å². The fourth-order valence-electron chi connectivity index (χ4n) is 2.67. The number of nitrogens with zero attached hydrogens (tertiary/aromatic N) is 3. The van der Waals surface area contributed by atoms with Gasteiger partial charge in [-0.05, 0) is 27.7 Å². The first-order valence-corrected chi connectivity index (χ1v) is 8.87. The highest BCUT2D eigenvalue weighted by molar-refractivity contribution is 14.0. The van der Waals surface area contributed by atoms with Gasteiger partial charge in [-0.2, -0.15) is 0 Å². The Morgan fingerprint density at radius 3 is 2.58 bits per heavy atom. The zero-order valence-electron chi connectivity index (χ0n) is 16.2. The van der Waals surface area contributed by atoms with Gasteiger partial charge in [-0.1, -0.05) is 0 Å². The highest BCUT2D eigenvalue weighted by Gasteiger charge is 2.25. The van der Waals surface area contributed by atoms with Crippen molar-refractivity contribution in [2.24, 2.45) is 4.99 Å². The van der Waals surface area contributed by atoms with E-state index in [0.717, 1.165) is 44.3 Å². The summed E-state index contributed by atoms with van der Waals surface area (Å²) in [4.78, 5) is 11.0. The Kier molecular flexibility index (Phi) is 9.83. The number of aryl methyl sites for hydroxylation is 2. The van der Waals surface area contributed by atoms with Crippen LogP contribution in [0.1, 0.15) is 31.2 Å². The van der Waals surface area contributed by atoms with Crippen LogP contribution in [0.15, 0.2) is 9.41 Å². The fourth-order valence-corrected chi connectivity index (χ4v) is 2.67. The normalized spacial score (nSPS) is 18.1. The molecule has 26 heavy (non-hydrogen) atoms. The lowest BCUT2D eigenvalue weighted by Gasteiger charge is -2.34. The number of aromatic nitrogens is 1. The SMILES string of the molecule is CCNC(=NCc1nc(C)c(C)o1)NCC(C)(O)CN1CCOCC1.I. The standard InChI is InChI=1S/C17H31N5O3.HI/c1-5-18-16(19-10-15-21-13(2)14(3)25-15)20-11-17(4,23)12-22-6-8-24-9-7-22;/h23H,5-12H2,1-4H3,(H2,18,19,20);1H. The summed E-state index contributed by atoms with van der Waals surface area (Å²) in [5, 5.41) is 17.0. The zero-order chi connectivity index (χ0) is 18.3. The molecule has 3 N–H and O–H groups in total. The van der Waals surface area contributed by atoms with Crippen molar-refractivity contribution in [3.05, 3.63) is 17.3 Å². The molecule has 1 atom stereocenters. The van der Waals surface area contributed by atoms with Gasteiger partial charge in [-0.3, -0.25) is 4.90 Å². The summed E-state index contributed by atoms with van der Waals surface area (Å²) in [6, 6.07) is 0.